The highest BCUT2D eigenvalue weighted by atomic mass is 32.2. The maximum Gasteiger partial charge on any atom is 0.191 e. The quantitative estimate of drug-likeness (QED) is 0.726. The Hall–Kier alpha value is -1.94. The minimum absolute atomic E-state index is 0.164. The molecular formula is C16H10F2OS. The lowest BCUT2D eigenvalue weighted by molar-refractivity contribution is 0.103. The summed E-state index contributed by atoms with van der Waals surface area (Å²) in [6, 6.07) is 10.2. The number of Topliss-reactive ketones (excluding diaryl/α,β-unsaturated/α-hetero) is 1. The second kappa shape index (κ2) is 5.21. The van der Waals surface area contributed by atoms with Gasteiger partial charge in [0.25, 0.3) is 0 Å². The Morgan fingerprint density at radius 2 is 1.70 bits per heavy atom. The summed E-state index contributed by atoms with van der Waals surface area (Å²) in [5.41, 5.74) is 1.75. The van der Waals surface area contributed by atoms with Crippen molar-refractivity contribution in [2.24, 2.45) is 0 Å². The van der Waals surface area contributed by atoms with Crippen molar-refractivity contribution >= 4 is 23.6 Å². The van der Waals surface area contributed by atoms with Crippen molar-refractivity contribution in [3.05, 3.63) is 70.8 Å². The van der Waals surface area contributed by atoms with E-state index in [4.69, 9.17) is 0 Å². The van der Waals surface area contributed by atoms with Crippen LogP contribution in [-0.2, 0) is 0 Å². The summed E-state index contributed by atoms with van der Waals surface area (Å²) >= 11 is 1.50. The number of rotatable bonds is 1. The molecule has 0 bridgehead atoms. The van der Waals surface area contributed by atoms with E-state index in [0.717, 1.165) is 10.5 Å². The molecule has 0 aliphatic carbocycles. The molecule has 1 nitrogen and oxygen atoms in total. The average Bonchev–Trinajstić information content (AvgIpc) is 2.45. The third-order valence-corrected chi connectivity index (χ3v) is 4.19. The molecule has 0 radical (unpaired) electrons. The maximum absolute atomic E-state index is 13.2. The fourth-order valence-electron chi connectivity index (χ4n) is 2.07. The van der Waals surface area contributed by atoms with Crippen LogP contribution < -0.4 is 0 Å². The number of carbonyl (C=O) groups is 1. The van der Waals surface area contributed by atoms with Gasteiger partial charge >= 0.3 is 0 Å². The van der Waals surface area contributed by atoms with E-state index in [1.807, 2.05) is 0 Å². The molecule has 0 spiro atoms. The molecular weight excluding hydrogens is 278 g/mol. The Bertz CT molecular complexity index is 705. The van der Waals surface area contributed by atoms with Gasteiger partial charge in [0.15, 0.2) is 5.78 Å². The molecule has 0 N–H and O–H groups in total. The molecule has 0 amide bonds. The average molecular weight is 288 g/mol. The van der Waals surface area contributed by atoms with Gasteiger partial charge in [-0.2, -0.15) is 0 Å². The van der Waals surface area contributed by atoms with Crippen molar-refractivity contribution in [1.82, 2.24) is 0 Å². The van der Waals surface area contributed by atoms with Gasteiger partial charge in [-0.05, 0) is 42.0 Å². The van der Waals surface area contributed by atoms with E-state index in [2.05, 4.69) is 0 Å². The van der Waals surface area contributed by atoms with E-state index in [0.29, 0.717) is 16.9 Å². The molecule has 1 aliphatic heterocycles. The van der Waals surface area contributed by atoms with Crippen molar-refractivity contribution in [1.29, 1.82) is 0 Å². The van der Waals surface area contributed by atoms with Crippen LogP contribution in [0.15, 0.2) is 52.9 Å². The first-order valence-corrected chi connectivity index (χ1v) is 7.05. The number of hydrogen-bond donors (Lipinski definition) is 0. The van der Waals surface area contributed by atoms with E-state index in [-0.39, 0.29) is 11.6 Å². The van der Waals surface area contributed by atoms with Crippen LogP contribution in [0.1, 0.15) is 15.9 Å². The summed E-state index contributed by atoms with van der Waals surface area (Å²) in [6.07, 6.45) is 1.72. The highest BCUT2D eigenvalue weighted by Crippen LogP contribution is 2.33. The lowest BCUT2D eigenvalue weighted by atomic mass is 10.0. The molecule has 0 aromatic heterocycles. The fraction of sp³-hybridized carbons (Fsp3) is 0.0625. The topological polar surface area (TPSA) is 17.1 Å². The van der Waals surface area contributed by atoms with E-state index in [9.17, 15) is 13.6 Å². The van der Waals surface area contributed by atoms with E-state index in [1.165, 1.54) is 36.0 Å². The molecule has 3 rings (SSSR count). The molecule has 0 unspecified atom stereocenters. The van der Waals surface area contributed by atoms with E-state index >= 15 is 0 Å². The van der Waals surface area contributed by atoms with Crippen molar-refractivity contribution < 1.29 is 13.6 Å². The predicted molar refractivity (Wildman–Crippen MR) is 75.8 cm³/mol. The molecule has 1 heterocycles. The Morgan fingerprint density at radius 3 is 2.45 bits per heavy atom. The standard InChI is InChI=1S/C16H10F2OS/c17-12-3-1-10(2-4-12)7-11-9-20-15-6-5-13(18)8-14(15)16(11)19/h1-8H,9H2/b11-7-. The molecule has 0 saturated carbocycles. The smallest absolute Gasteiger partial charge is 0.191 e. The lowest BCUT2D eigenvalue weighted by Crippen LogP contribution is -2.12. The van der Waals surface area contributed by atoms with Crippen LogP contribution in [0.25, 0.3) is 6.08 Å². The zero-order chi connectivity index (χ0) is 14.1. The van der Waals surface area contributed by atoms with E-state index in [1.54, 1.807) is 24.3 Å². The first-order valence-electron chi connectivity index (χ1n) is 6.07. The summed E-state index contributed by atoms with van der Waals surface area (Å²) in [4.78, 5) is 13.1. The molecule has 0 saturated heterocycles. The Kier molecular flexibility index (Phi) is 3.40. The van der Waals surface area contributed by atoms with Crippen LogP contribution in [0.2, 0.25) is 0 Å². The SMILES string of the molecule is O=C1/C(=C\c2ccc(F)cc2)CSc2ccc(F)cc21. The number of hydrogen-bond acceptors (Lipinski definition) is 2. The molecule has 2 aromatic carbocycles. The normalized spacial score (nSPS) is 16.3. The number of carbonyl (C=O) groups excluding carboxylic acids is 1. The molecule has 100 valence electrons. The van der Waals surface area contributed by atoms with Crippen molar-refractivity contribution in [2.45, 2.75) is 4.90 Å². The van der Waals surface area contributed by atoms with Gasteiger partial charge in [-0.3, -0.25) is 4.79 Å². The predicted octanol–water partition coefficient (Wildman–Crippen LogP) is 4.34. The van der Waals surface area contributed by atoms with Gasteiger partial charge in [0.2, 0.25) is 0 Å². The van der Waals surface area contributed by atoms with E-state index < -0.39 is 5.82 Å². The van der Waals surface area contributed by atoms with Crippen LogP contribution in [0.3, 0.4) is 0 Å². The van der Waals surface area contributed by atoms with Crippen molar-refractivity contribution in [3.63, 3.8) is 0 Å². The van der Waals surface area contributed by atoms with Gasteiger partial charge in [0.05, 0.1) is 0 Å². The minimum atomic E-state index is -0.416. The molecule has 4 heteroatoms. The highest BCUT2D eigenvalue weighted by Gasteiger charge is 2.22. The molecule has 0 fully saturated rings. The van der Waals surface area contributed by atoms with Gasteiger partial charge in [0, 0.05) is 21.8 Å². The largest absolute Gasteiger partial charge is 0.289 e. The van der Waals surface area contributed by atoms with Crippen LogP contribution in [0.4, 0.5) is 8.78 Å². The monoisotopic (exact) mass is 288 g/mol. The first kappa shape index (κ1) is 13.1. The number of fused-ring (bicyclic) bond motifs is 1. The van der Waals surface area contributed by atoms with Crippen LogP contribution in [0.5, 0.6) is 0 Å². The zero-order valence-corrected chi connectivity index (χ0v) is 11.2. The lowest BCUT2D eigenvalue weighted by Gasteiger charge is -2.16. The third kappa shape index (κ3) is 2.51. The Morgan fingerprint density at radius 1 is 1.00 bits per heavy atom. The molecule has 0 atom stereocenters. The summed E-state index contributed by atoms with van der Waals surface area (Å²) in [5.74, 6) is -0.360. The first-order chi connectivity index (χ1) is 9.63. The summed E-state index contributed by atoms with van der Waals surface area (Å²) < 4.78 is 26.1. The van der Waals surface area contributed by atoms with Crippen LogP contribution >= 0.6 is 11.8 Å². The Balaban J connectivity index is 1.97. The van der Waals surface area contributed by atoms with Gasteiger partial charge in [-0.15, -0.1) is 11.8 Å². The second-order valence-corrected chi connectivity index (χ2v) is 5.50. The number of ketones is 1. The maximum atomic E-state index is 13.2. The van der Waals surface area contributed by atoms with Gasteiger partial charge in [0.1, 0.15) is 11.6 Å². The third-order valence-electron chi connectivity index (χ3n) is 3.07. The fourth-order valence-corrected chi connectivity index (χ4v) is 3.06. The number of benzene rings is 2. The zero-order valence-electron chi connectivity index (χ0n) is 10.4. The van der Waals surface area contributed by atoms with Crippen molar-refractivity contribution in [2.75, 3.05) is 5.75 Å². The highest BCUT2D eigenvalue weighted by molar-refractivity contribution is 7.99. The van der Waals surface area contributed by atoms with Crippen LogP contribution in [-0.4, -0.2) is 11.5 Å². The molecule has 20 heavy (non-hydrogen) atoms. The summed E-state index contributed by atoms with van der Waals surface area (Å²) in [6.45, 7) is 0. The summed E-state index contributed by atoms with van der Waals surface area (Å²) in [7, 11) is 0. The Labute approximate surface area is 119 Å². The minimum Gasteiger partial charge on any atom is -0.289 e. The molecule has 2 aromatic rings. The van der Waals surface area contributed by atoms with Gasteiger partial charge < -0.3 is 0 Å². The van der Waals surface area contributed by atoms with Gasteiger partial charge in [-0.1, -0.05) is 12.1 Å². The number of thioether (sulfide) groups is 1. The van der Waals surface area contributed by atoms with Crippen LogP contribution in [0, 0.1) is 11.6 Å². The number of halogens is 2. The molecule has 1 aliphatic rings. The summed E-state index contributed by atoms with van der Waals surface area (Å²) in [5, 5.41) is 0. The second-order valence-electron chi connectivity index (χ2n) is 4.48. The van der Waals surface area contributed by atoms with Gasteiger partial charge in [-0.25, -0.2) is 8.78 Å². The van der Waals surface area contributed by atoms with Crippen molar-refractivity contribution in [3.8, 4) is 0 Å².